The molecule has 17 heavy (non-hydrogen) atoms. The molecule has 0 aromatic carbocycles. The molecule has 0 heterocycles. The molecule has 4 heteroatoms. The molecule has 0 spiro atoms. The van der Waals surface area contributed by atoms with Gasteiger partial charge in [0.15, 0.2) is 0 Å². The van der Waals surface area contributed by atoms with Crippen molar-refractivity contribution in [1.82, 2.24) is 5.32 Å². The van der Waals surface area contributed by atoms with Gasteiger partial charge in [0.25, 0.3) is 0 Å². The molecule has 4 nitrogen and oxygen atoms in total. The van der Waals surface area contributed by atoms with Crippen molar-refractivity contribution in [2.45, 2.75) is 52.6 Å². The van der Waals surface area contributed by atoms with Crippen LogP contribution in [0.15, 0.2) is 0 Å². The lowest BCUT2D eigenvalue weighted by atomic mass is 9.93. The Balaban J connectivity index is 2.35. The molecule has 1 saturated carbocycles. The summed E-state index contributed by atoms with van der Waals surface area (Å²) in [6.07, 6.45) is 2.65. The number of Topliss-reactive ketones (excluding diaryl/α,β-unsaturated/α-hetero) is 1. The Morgan fingerprint density at radius 3 is 2.47 bits per heavy atom. The molecule has 0 bridgehead atoms. The van der Waals surface area contributed by atoms with Crippen molar-refractivity contribution in [1.29, 1.82) is 0 Å². The van der Waals surface area contributed by atoms with E-state index in [-0.39, 0.29) is 17.6 Å². The molecular weight excluding hydrogens is 218 g/mol. The van der Waals surface area contributed by atoms with Crippen molar-refractivity contribution in [2.24, 2.45) is 11.8 Å². The summed E-state index contributed by atoms with van der Waals surface area (Å²) < 4.78 is 5.16. The fourth-order valence-electron chi connectivity index (χ4n) is 2.34. The molecule has 98 valence electrons. The van der Waals surface area contributed by atoms with Crippen LogP contribution in [0.1, 0.15) is 47.0 Å². The van der Waals surface area contributed by atoms with Crippen LogP contribution in [0.2, 0.25) is 0 Å². The minimum Gasteiger partial charge on any atom is -0.444 e. The van der Waals surface area contributed by atoms with Gasteiger partial charge in [-0.25, -0.2) is 4.79 Å². The van der Waals surface area contributed by atoms with E-state index in [0.717, 1.165) is 19.3 Å². The zero-order chi connectivity index (χ0) is 13.1. The first kappa shape index (κ1) is 14.0. The minimum absolute atomic E-state index is 0.116. The lowest BCUT2D eigenvalue weighted by Crippen LogP contribution is -2.36. The molecule has 0 aromatic rings. The van der Waals surface area contributed by atoms with Crippen LogP contribution in [-0.4, -0.2) is 24.0 Å². The van der Waals surface area contributed by atoms with Gasteiger partial charge in [0.05, 0.1) is 0 Å². The highest BCUT2D eigenvalue weighted by Crippen LogP contribution is 2.31. The van der Waals surface area contributed by atoms with Gasteiger partial charge in [-0.05, 0) is 46.5 Å². The number of amides is 1. The average Bonchev–Trinajstić information content (AvgIpc) is 2.59. The summed E-state index contributed by atoms with van der Waals surface area (Å²) in [7, 11) is 0. The van der Waals surface area contributed by atoms with E-state index in [4.69, 9.17) is 4.74 Å². The molecule has 0 radical (unpaired) electrons. The summed E-state index contributed by atoms with van der Waals surface area (Å²) in [6.45, 7) is 7.68. The predicted octanol–water partition coefficient (Wildman–Crippen LogP) is 2.52. The number of ketones is 1. The van der Waals surface area contributed by atoms with Crippen molar-refractivity contribution in [3.63, 3.8) is 0 Å². The van der Waals surface area contributed by atoms with E-state index < -0.39 is 11.7 Å². The van der Waals surface area contributed by atoms with E-state index in [1.807, 2.05) is 20.8 Å². The van der Waals surface area contributed by atoms with Gasteiger partial charge in [0.1, 0.15) is 11.4 Å². The second-order valence-electron chi connectivity index (χ2n) is 5.79. The molecule has 1 fully saturated rings. The van der Waals surface area contributed by atoms with Crippen molar-refractivity contribution >= 4 is 11.9 Å². The predicted molar refractivity (Wildman–Crippen MR) is 65.7 cm³/mol. The Kier molecular flexibility index (Phi) is 4.54. The maximum absolute atomic E-state index is 11.5. The Morgan fingerprint density at radius 1 is 1.29 bits per heavy atom. The smallest absolute Gasteiger partial charge is 0.407 e. The number of rotatable bonds is 3. The SMILES string of the molecule is CC(=O)[C@@H]1CCC[C@@H]1CNC(=O)OC(C)(C)C. The number of hydrogen-bond donors (Lipinski definition) is 1. The van der Waals surface area contributed by atoms with Crippen molar-refractivity contribution in [3.8, 4) is 0 Å². The second kappa shape index (κ2) is 5.52. The molecule has 0 saturated heterocycles. The Bertz CT molecular complexity index is 294. The fraction of sp³-hybridized carbons (Fsp3) is 0.846. The molecule has 0 unspecified atom stereocenters. The Hall–Kier alpha value is -1.06. The standard InChI is InChI=1S/C13H23NO3/c1-9(15)11-7-5-6-10(11)8-14-12(16)17-13(2,3)4/h10-11H,5-8H2,1-4H3,(H,14,16)/t10-,11+/m1/s1. The molecular formula is C13H23NO3. The first-order chi connectivity index (χ1) is 7.79. The fourth-order valence-corrected chi connectivity index (χ4v) is 2.34. The molecule has 1 aliphatic rings. The average molecular weight is 241 g/mol. The molecule has 1 amide bonds. The zero-order valence-corrected chi connectivity index (χ0v) is 11.2. The Morgan fingerprint density at radius 2 is 1.94 bits per heavy atom. The van der Waals surface area contributed by atoms with E-state index in [1.165, 1.54) is 0 Å². The van der Waals surface area contributed by atoms with Crippen LogP contribution >= 0.6 is 0 Å². The summed E-state index contributed by atoms with van der Waals surface area (Å²) in [5, 5.41) is 2.75. The highest BCUT2D eigenvalue weighted by molar-refractivity contribution is 5.79. The van der Waals surface area contributed by atoms with Gasteiger partial charge in [0, 0.05) is 12.5 Å². The molecule has 0 aromatic heterocycles. The van der Waals surface area contributed by atoms with E-state index in [1.54, 1.807) is 6.92 Å². The van der Waals surface area contributed by atoms with Crippen LogP contribution in [0.25, 0.3) is 0 Å². The zero-order valence-electron chi connectivity index (χ0n) is 11.2. The third-order valence-corrected chi connectivity index (χ3v) is 3.09. The summed E-state index contributed by atoms with van der Waals surface area (Å²) in [4.78, 5) is 22.9. The maximum atomic E-state index is 11.5. The van der Waals surface area contributed by atoms with Crippen molar-refractivity contribution in [2.75, 3.05) is 6.54 Å². The van der Waals surface area contributed by atoms with E-state index >= 15 is 0 Å². The lowest BCUT2D eigenvalue weighted by molar-refractivity contribution is -0.121. The van der Waals surface area contributed by atoms with E-state index in [2.05, 4.69) is 5.32 Å². The topological polar surface area (TPSA) is 55.4 Å². The first-order valence-electron chi connectivity index (χ1n) is 6.27. The van der Waals surface area contributed by atoms with Gasteiger partial charge in [-0.15, -0.1) is 0 Å². The minimum atomic E-state index is -0.472. The normalized spacial score (nSPS) is 24.5. The van der Waals surface area contributed by atoms with Gasteiger partial charge in [-0.1, -0.05) is 6.42 Å². The van der Waals surface area contributed by atoms with Gasteiger partial charge in [0.2, 0.25) is 0 Å². The number of nitrogens with one attached hydrogen (secondary N) is 1. The van der Waals surface area contributed by atoms with E-state index in [0.29, 0.717) is 6.54 Å². The summed E-state index contributed by atoms with van der Waals surface area (Å²) >= 11 is 0. The number of hydrogen-bond acceptors (Lipinski definition) is 3. The number of alkyl carbamates (subject to hydrolysis) is 1. The number of ether oxygens (including phenoxy) is 1. The van der Waals surface area contributed by atoms with Crippen molar-refractivity contribution < 1.29 is 14.3 Å². The summed E-state index contributed by atoms with van der Waals surface area (Å²) in [5.41, 5.74) is -0.472. The molecule has 1 rings (SSSR count). The second-order valence-corrected chi connectivity index (χ2v) is 5.79. The highest BCUT2D eigenvalue weighted by atomic mass is 16.6. The molecule has 0 aliphatic heterocycles. The van der Waals surface area contributed by atoms with Crippen LogP contribution < -0.4 is 5.32 Å². The van der Waals surface area contributed by atoms with Crippen LogP contribution in [0, 0.1) is 11.8 Å². The van der Waals surface area contributed by atoms with Gasteiger partial charge < -0.3 is 10.1 Å². The number of carbonyl (C=O) groups excluding carboxylic acids is 2. The van der Waals surface area contributed by atoms with Crippen LogP contribution in [-0.2, 0) is 9.53 Å². The third-order valence-electron chi connectivity index (χ3n) is 3.09. The lowest BCUT2D eigenvalue weighted by Gasteiger charge is -2.22. The Labute approximate surface area is 103 Å². The largest absolute Gasteiger partial charge is 0.444 e. The van der Waals surface area contributed by atoms with Gasteiger partial charge >= 0.3 is 6.09 Å². The van der Waals surface area contributed by atoms with E-state index in [9.17, 15) is 9.59 Å². The monoisotopic (exact) mass is 241 g/mol. The highest BCUT2D eigenvalue weighted by Gasteiger charge is 2.31. The van der Waals surface area contributed by atoms with Crippen molar-refractivity contribution in [3.05, 3.63) is 0 Å². The molecule has 1 N–H and O–H groups in total. The maximum Gasteiger partial charge on any atom is 0.407 e. The van der Waals surface area contributed by atoms with Gasteiger partial charge in [-0.3, -0.25) is 4.79 Å². The van der Waals surface area contributed by atoms with Crippen LogP contribution in [0.5, 0.6) is 0 Å². The summed E-state index contributed by atoms with van der Waals surface area (Å²) in [6, 6.07) is 0. The molecule has 1 aliphatic carbocycles. The van der Waals surface area contributed by atoms with Crippen LogP contribution in [0.4, 0.5) is 4.79 Å². The first-order valence-corrected chi connectivity index (χ1v) is 6.27. The molecule has 2 atom stereocenters. The third kappa shape index (κ3) is 4.75. The van der Waals surface area contributed by atoms with Crippen LogP contribution in [0.3, 0.4) is 0 Å². The summed E-state index contributed by atoms with van der Waals surface area (Å²) in [5.74, 6) is 0.628. The number of carbonyl (C=O) groups is 2. The quantitative estimate of drug-likeness (QED) is 0.826. The van der Waals surface area contributed by atoms with Gasteiger partial charge in [-0.2, -0.15) is 0 Å².